The highest BCUT2D eigenvalue weighted by molar-refractivity contribution is 6.62. The number of oxime groups is 1. The van der Waals surface area contributed by atoms with Crippen LogP contribution in [0.3, 0.4) is 0 Å². The van der Waals surface area contributed by atoms with Crippen molar-refractivity contribution in [3.63, 3.8) is 0 Å². The summed E-state index contributed by atoms with van der Waals surface area (Å²) in [6, 6.07) is 0. The van der Waals surface area contributed by atoms with Crippen LogP contribution in [-0.4, -0.2) is 34.1 Å². The number of hydrogen-bond acceptors (Lipinski definition) is 6. The molecule has 1 N–H and O–H groups in total. The van der Waals surface area contributed by atoms with Gasteiger partial charge in [-0.15, -0.1) is 0 Å². The molecule has 0 bridgehead atoms. The Morgan fingerprint density at radius 2 is 1.18 bits per heavy atom. The van der Waals surface area contributed by atoms with Crippen molar-refractivity contribution in [2.45, 2.75) is 52.7 Å². The molecule has 0 radical (unpaired) electrons. The third-order valence-electron chi connectivity index (χ3n) is 1.28. The second-order valence-electron chi connectivity index (χ2n) is 5.45. The first-order valence-electron chi connectivity index (χ1n) is 5.15. The molecule has 98 valence electrons. The fourth-order valence-corrected chi connectivity index (χ4v) is 0.818. The lowest BCUT2D eigenvalue weighted by molar-refractivity contribution is -0.152. The van der Waals surface area contributed by atoms with Gasteiger partial charge >= 0.3 is 11.9 Å². The molecule has 0 aliphatic rings. The van der Waals surface area contributed by atoms with E-state index in [1.165, 1.54) is 0 Å². The van der Waals surface area contributed by atoms with Gasteiger partial charge in [0.1, 0.15) is 11.2 Å². The van der Waals surface area contributed by atoms with E-state index in [0.29, 0.717) is 0 Å². The lowest BCUT2D eigenvalue weighted by Crippen LogP contribution is -2.37. The third kappa shape index (κ3) is 6.55. The van der Waals surface area contributed by atoms with Crippen molar-refractivity contribution in [3.8, 4) is 0 Å². The summed E-state index contributed by atoms with van der Waals surface area (Å²) >= 11 is 0. The largest absolute Gasteiger partial charge is 0.455 e. The van der Waals surface area contributed by atoms with E-state index in [1.807, 2.05) is 0 Å². The normalized spacial score (nSPS) is 11.6. The van der Waals surface area contributed by atoms with Gasteiger partial charge in [0.2, 0.25) is 0 Å². The predicted octanol–water partition coefficient (Wildman–Crippen LogP) is 1.50. The Labute approximate surface area is 101 Å². The van der Waals surface area contributed by atoms with Crippen molar-refractivity contribution in [1.29, 1.82) is 0 Å². The van der Waals surface area contributed by atoms with Crippen molar-refractivity contribution < 1.29 is 24.3 Å². The van der Waals surface area contributed by atoms with Crippen molar-refractivity contribution in [2.75, 3.05) is 0 Å². The Balaban J connectivity index is 4.77. The minimum absolute atomic E-state index is 0.769. The Morgan fingerprint density at radius 3 is 1.35 bits per heavy atom. The SMILES string of the molecule is CC(C)(C)OC(=O)C(=NO)C(=O)OC(C)(C)C. The second-order valence-corrected chi connectivity index (χ2v) is 5.45. The Kier molecular flexibility index (Phi) is 4.68. The van der Waals surface area contributed by atoms with Gasteiger partial charge in [-0.25, -0.2) is 9.59 Å². The molecule has 0 rings (SSSR count). The van der Waals surface area contributed by atoms with E-state index in [2.05, 4.69) is 5.16 Å². The maximum Gasteiger partial charge on any atom is 0.368 e. The van der Waals surface area contributed by atoms with E-state index in [0.717, 1.165) is 0 Å². The molecular formula is C11H19NO5. The number of nitrogens with zero attached hydrogens (tertiary/aromatic N) is 1. The quantitative estimate of drug-likeness (QED) is 0.262. The van der Waals surface area contributed by atoms with Crippen molar-refractivity contribution in [1.82, 2.24) is 0 Å². The summed E-state index contributed by atoms with van der Waals surface area (Å²) in [7, 11) is 0. The zero-order valence-corrected chi connectivity index (χ0v) is 11.0. The summed E-state index contributed by atoms with van der Waals surface area (Å²) in [4.78, 5) is 23.0. The van der Waals surface area contributed by atoms with Gasteiger partial charge in [0.05, 0.1) is 0 Å². The van der Waals surface area contributed by atoms with Crippen LogP contribution < -0.4 is 0 Å². The lowest BCUT2D eigenvalue weighted by Gasteiger charge is -2.21. The molecule has 0 aromatic carbocycles. The summed E-state index contributed by atoms with van der Waals surface area (Å²) in [6.45, 7) is 9.80. The Morgan fingerprint density at radius 1 is 0.882 bits per heavy atom. The van der Waals surface area contributed by atoms with Crippen molar-refractivity contribution >= 4 is 17.7 Å². The van der Waals surface area contributed by atoms with Crippen LogP contribution in [0.4, 0.5) is 0 Å². The molecule has 6 heteroatoms. The Bertz CT molecular complexity index is 303. The fourth-order valence-electron chi connectivity index (χ4n) is 0.818. The number of carbonyl (C=O) groups is 2. The van der Waals surface area contributed by atoms with E-state index in [4.69, 9.17) is 14.7 Å². The fraction of sp³-hybridized carbons (Fsp3) is 0.727. The molecule has 6 nitrogen and oxygen atoms in total. The molecule has 0 aromatic rings. The summed E-state index contributed by atoms with van der Waals surface area (Å²) in [5, 5.41) is 11.3. The standard InChI is InChI=1S/C11H19NO5/c1-10(2,3)16-8(13)7(12-15)9(14)17-11(4,5)6/h15H,1-6H3. The van der Waals surface area contributed by atoms with E-state index in [-0.39, 0.29) is 0 Å². The van der Waals surface area contributed by atoms with E-state index in [9.17, 15) is 9.59 Å². The van der Waals surface area contributed by atoms with Crippen molar-refractivity contribution in [2.24, 2.45) is 5.16 Å². The van der Waals surface area contributed by atoms with Crippen LogP contribution in [0.15, 0.2) is 5.16 Å². The summed E-state index contributed by atoms with van der Waals surface area (Å²) in [6.07, 6.45) is 0. The van der Waals surface area contributed by atoms with Gasteiger partial charge in [-0.1, -0.05) is 5.16 Å². The number of esters is 2. The first kappa shape index (κ1) is 15.4. The van der Waals surface area contributed by atoms with Gasteiger partial charge in [0.25, 0.3) is 5.71 Å². The number of rotatable bonds is 2. The number of ether oxygens (including phenoxy) is 2. The molecule has 0 aromatic heterocycles. The average Bonchev–Trinajstić information content (AvgIpc) is 1.96. The van der Waals surface area contributed by atoms with Crippen LogP contribution in [0, 0.1) is 0 Å². The third-order valence-corrected chi connectivity index (χ3v) is 1.28. The minimum Gasteiger partial charge on any atom is -0.455 e. The molecule has 0 atom stereocenters. The maximum absolute atomic E-state index is 11.5. The topological polar surface area (TPSA) is 85.2 Å². The predicted molar refractivity (Wildman–Crippen MR) is 60.9 cm³/mol. The maximum atomic E-state index is 11.5. The highest BCUT2D eigenvalue weighted by atomic mass is 16.6. The molecule has 0 heterocycles. The molecule has 0 amide bonds. The van der Waals surface area contributed by atoms with E-state index >= 15 is 0 Å². The van der Waals surface area contributed by atoms with Gasteiger partial charge in [-0.05, 0) is 41.5 Å². The Hall–Kier alpha value is -1.59. The number of carbonyl (C=O) groups excluding carboxylic acids is 2. The molecule has 0 saturated carbocycles. The van der Waals surface area contributed by atoms with Crippen LogP contribution in [0.5, 0.6) is 0 Å². The zero-order valence-electron chi connectivity index (χ0n) is 11.0. The van der Waals surface area contributed by atoms with Crippen LogP contribution >= 0.6 is 0 Å². The lowest BCUT2D eigenvalue weighted by atomic mass is 10.2. The van der Waals surface area contributed by atoms with Crippen LogP contribution in [0.1, 0.15) is 41.5 Å². The first-order chi connectivity index (χ1) is 7.46. The number of hydrogen-bond donors (Lipinski definition) is 1. The first-order valence-corrected chi connectivity index (χ1v) is 5.15. The molecule has 0 unspecified atom stereocenters. The molecule has 17 heavy (non-hydrogen) atoms. The van der Waals surface area contributed by atoms with Crippen LogP contribution in [-0.2, 0) is 19.1 Å². The van der Waals surface area contributed by atoms with E-state index in [1.54, 1.807) is 41.5 Å². The van der Waals surface area contributed by atoms with Crippen molar-refractivity contribution in [3.05, 3.63) is 0 Å². The highest BCUT2D eigenvalue weighted by Gasteiger charge is 2.31. The van der Waals surface area contributed by atoms with E-state index < -0.39 is 28.9 Å². The average molecular weight is 245 g/mol. The van der Waals surface area contributed by atoms with Gasteiger partial charge in [-0.3, -0.25) is 0 Å². The van der Waals surface area contributed by atoms with Gasteiger partial charge in [0, 0.05) is 0 Å². The molecule has 0 aliphatic heterocycles. The van der Waals surface area contributed by atoms with Gasteiger partial charge in [0.15, 0.2) is 0 Å². The highest BCUT2D eigenvalue weighted by Crippen LogP contribution is 2.11. The van der Waals surface area contributed by atoms with Crippen LogP contribution in [0.2, 0.25) is 0 Å². The monoisotopic (exact) mass is 245 g/mol. The summed E-state index contributed by atoms with van der Waals surface area (Å²) in [5.74, 6) is -2.04. The molecule has 0 fully saturated rings. The second kappa shape index (κ2) is 5.16. The van der Waals surface area contributed by atoms with Gasteiger partial charge in [-0.2, -0.15) is 0 Å². The van der Waals surface area contributed by atoms with Gasteiger partial charge < -0.3 is 14.7 Å². The molecular weight excluding hydrogens is 226 g/mol. The summed E-state index contributed by atoms with van der Waals surface area (Å²) in [5.41, 5.74) is -2.33. The van der Waals surface area contributed by atoms with Crippen LogP contribution in [0.25, 0.3) is 0 Å². The summed E-state index contributed by atoms with van der Waals surface area (Å²) < 4.78 is 9.79. The minimum atomic E-state index is -1.02. The molecule has 0 saturated heterocycles. The molecule has 0 aliphatic carbocycles. The smallest absolute Gasteiger partial charge is 0.368 e. The molecule has 0 spiro atoms. The zero-order chi connectivity index (χ0) is 13.9.